The van der Waals surface area contributed by atoms with Gasteiger partial charge in [-0.25, -0.2) is 0 Å². The van der Waals surface area contributed by atoms with Crippen molar-refractivity contribution in [2.45, 2.75) is 25.3 Å². The second kappa shape index (κ2) is 9.66. The Morgan fingerprint density at radius 1 is 1.16 bits per heavy atom. The van der Waals surface area contributed by atoms with Gasteiger partial charge in [0.1, 0.15) is 11.5 Å². The molecule has 31 heavy (non-hydrogen) atoms. The highest BCUT2D eigenvalue weighted by Crippen LogP contribution is 2.29. The number of nitrogens with zero attached hydrogens (tertiary/aromatic N) is 2. The van der Waals surface area contributed by atoms with E-state index in [0.717, 1.165) is 43.9 Å². The third kappa shape index (κ3) is 5.06. The molecule has 162 valence electrons. The topological polar surface area (TPSA) is 76.8 Å². The number of amides is 1. The Hall–Kier alpha value is -3.32. The normalized spacial score (nSPS) is 16.6. The molecule has 7 nitrogen and oxygen atoms in total. The lowest BCUT2D eigenvalue weighted by molar-refractivity contribution is 0.0987. The van der Waals surface area contributed by atoms with Crippen LogP contribution < -0.4 is 14.8 Å². The third-order valence-electron chi connectivity index (χ3n) is 5.60. The second-order valence-electron chi connectivity index (χ2n) is 7.69. The molecule has 1 aromatic heterocycles. The average Bonchev–Trinajstić information content (AvgIpc) is 3.31. The van der Waals surface area contributed by atoms with Gasteiger partial charge in [0.05, 0.1) is 25.6 Å². The van der Waals surface area contributed by atoms with E-state index in [4.69, 9.17) is 14.0 Å². The Morgan fingerprint density at radius 2 is 1.97 bits per heavy atom. The monoisotopic (exact) mass is 421 g/mol. The molecule has 0 radical (unpaired) electrons. The molecular weight excluding hydrogens is 394 g/mol. The van der Waals surface area contributed by atoms with E-state index >= 15 is 0 Å². The SMILES string of the molecule is COc1ccc(CN2CCC[C@@H](c3cc(C(=O)Nc4ccccc4OC)on3)C2)cc1. The summed E-state index contributed by atoms with van der Waals surface area (Å²) in [6, 6.07) is 17.2. The summed E-state index contributed by atoms with van der Waals surface area (Å²) in [5, 5.41) is 7.03. The van der Waals surface area contributed by atoms with E-state index in [2.05, 4.69) is 27.5 Å². The molecule has 0 aliphatic carbocycles. The molecule has 1 N–H and O–H groups in total. The van der Waals surface area contributed by atoms with Crippen LogP contribution in [-0.4, -0.2) is 43.3 Å². The first-order valence-corrected chi connectivity index (χ1v) is 10.4. The minimum atomic E-state index is -0.339. The summed E-state index contributed by atoms with van der Waals surface area (Å²) in [7, 11) is 3.24. The van der Waals surface area contributed by atoms with Crippen LogP contribution in [0.15, 0.2) is 59.1 Å². The molecule has 0 spiro atoms. The van der Waals surface area contributed by atoms with Crippen molar-refractivity contribution in [3.63, 3.8) is 0 Å². The molecule has 1 atom stereocenters. The van der Waals surface area contributed by atoms with Crippen molar-refractivity contribution in [1.29, 1.82) is 0 Å². The number of carbonyl (C=O) groups is 1. The van der Waals surface area contributed by atoms with Crippen molar-refractivity contribution < 1.29 is 18.8 Å². The lowest BCUT2D eigenvalue weighted by Gasteiger charge is -2.31. The van der Waals surface area contributed by atoms with Gasteiger partial charge in [-0.1, -0.05) is 29.4 Å². The summed E-state index contributed by atoms with van der Waals surface area (Å²) in [5.74, 6) is 1.56. The van der Waals surface area contributed by atoms with E-state index in [9.17, 15) is 4.79 Å². The molecule has 1 amide bonds. The van der Waals surface area contributed by atoms with Gasteiger partial charge in [-0.05, 0) is 49.2 Å². The molecule has 0 unspecified atom stereocenters. The minimum absolute atomic E-state index is 0.202. The summed E-state index contributed by atoms with van der Waals surface area (Å²) in [4.78, 5) is 15.0. The average molecular weight is 421 g/mol. The fourth-order valence-electron chi connectivity index (χ4n) is 3.95. The molecule has 2 heterocycles. The van der Waals surface area contributed by atoms with Crippen LogP contribution in [0.2, 0.25) is 0 Å². The van der Waals surface area contributed by atoms with Gasteiger partial charge < -0.3 is 19.3 Å². The Labute approximate surface area is 181 Å². The van der Waals surface area contributed by atoms with Crippen molar-refractivity contribution in [3.05, 3.63) is 71.6 Å². The van der Waals surface area contributed by atoms with Crippen LogP contribution in [0.1, 0.15) is 40.6 Å². The number of benzene rings is 2. The van der Waals surface area contributed by atoms with Crippen LogP contribution in [0.4, 0.5) is 5.69 Å². The van der Waals surface area contributed by atoms with Gasteiger partial charge in [-0.3, -0.25) is 9.69 Å². The Bertz CT molecular complexity index is 1020. The summed E-state index contributed by atoms with van der Waals surface area (Å²) < 4.78 is 15.9. The van der Waals surface area contributed by atoms with Crippen molar-refractivity contribution in [1.82, 2.24) is 10.1 Å². The number of nitrogens with one attached hydrogen (secondary N) is 1. The van der Waals surface area contributed by atoms with Crippen LogP contribution in [0.5, 0.6) is 11.5 Å². The van der Waals surface area contributed by atoms with Crippen molar-refractivity contribution in [2.24, 2.45) is 0 Å². The largest absolute Gasteiger partial charge is 0.497 e. The van der Waals surface area contributed by atoms with Gasteiger partial charge in [0.2, 0.25) is 5.76 Å². The van der Waals surface area contributed by atoms with E-state index in [0.29, 0.717) is 11.4 Å². The quantitative estimate of drug-likeness (QED) is 0.612. The van der Waals surface area contributed by atoms with Gasteiger partial charge in [-0.2, -0.15) is 0 Å². The lowest BCUT2D eigenvalue weighted by atomic mass is 9.94. The molecule has 0 bridgehead atoms. The lowest BCUT2D eigenvalue weighted by Crippen LogP contribution is -2.34. The van der Waals surface area contributed by atoms with E-state index in [1.54, 1.807) is 32.4 Å². The number of anilines is 1. The Morgan fingerprint density at radius 3 is 2.74 bits per heavy atom. The number of ether oxygens (including phenoxy) is 2. The van der Waals surface area contributed by atoms with Gasteiger partial charge >= 0.3 is 0 Å². The number of carbonyl (C=O) groups excluding carboxylic acids is 1. The number of likely N-dealkylation sites (tertiary alicyclic amines) is 1. The van der Waals surface area contributed by atoms with E-state index in [1.165, 1.54) is 5.56 Å². The zero-order valence-corrected chi connectivity index (χ0v) is 17.8. The van der Waals surface area contributed by atoms with Gasteiger partial charge in [0.25, 0.3) is 5.91 Å². The Kier molecular flexibility index (Phi) is 6.52. The van der Waals surface area contributed by atoms with E-state index < -0.39 is 0 Å². The molecular formula is C24H27N3O4. The molecule has 4 rings (SSSR count). The molecule has 7 heteroatoms. The number of hydrogen-bond acceptors (Lipinski definition) is 6. The fraction of sp³-hybridized carbons (Fsp3) is 0.333. The van der Waals surface area contributed by atoms with Crippen molar-refractivity contribution in [2.75, 3.05) is 32.6 Å². The summed E-state index contributed by atoms with van der Waals surface area (Å²) >= 11 is 0. The number of rotatable bonds is 7. The fourth-order valence-corrected chi connectivity index (χ4v) is 3.95. The summed E-state index contributed by atoms with van der Waals surface area (Å²) in [6.07, 6.45) is 2.11. The molecule has 3 aromatic rings. The number of methoxy groups -OCH3 is 2. The summed E-state index contributed by atoms with van der Waals surface area (Å²) in [5.41, 5.74) is 2.67. The predicted octanol–water partition coefficient (Wildman–Crippen LogP) is 4.32. The number of aromatic nitrogens is 1. The molecule has 1 saturated heterocycles. The van der Waals surface area contributed by atoms with E-state index in [-0.39, 0.29) is 17.6 Å². The standard InChI is InChI=1S/C24H27N3O4/c1-29-19-11-9-17(10-12-19)15-27-13-5-6-18(16-27)21-14-23(31-26-21)24(28)25-20-7-3-4-8-22(20)30-2/h3-4,7-12,14,18H,5-6,13,15-16H2,1-2H3,(H,25,28)/t18-/m1/s1. The predicted molar refractivity (Wildman–Crippen MR) is 118 cm³/mol. The van der Waals surface area contributed by atoms with Crippen LogP contribution in [-0.2, 0) is 6.54 Å². The number of hydrogen-bond donors (Lipinski definition) is 1. The first-order valence-electron chi connectivity index (χ1n) is 10.4. The van der Waals surface area contributed by atoms with Crippen LogP contribution in [0, 0.1) is 0 Å². The van der Waals surface area contributed by atoms with Gasteiger partial charge in [-0.15, -0.1) is 0 Å². The maximum atomic E-state index is 12.6. The van der Waals surface area contributed by atoms with E-state index in [1.807, 2.05) is 24.3 Å². The van der Waals surface area contributed by atoms with Crippen molar-refractivity contribution in [3.8, 4) is 11.5 Å². The highest BCUT2D eigenvalue weighted by molar-refractivity contribution is 6.03. The highest BCUT2D eigenvalue weighted by Gasteiger charge is 2.25. The molecule has 0 saturated carbocycles. The zero-order valence-electron chi connectivity index (χ0n) is 17.8. The zero-order chi connectivity index (χ0) is 21.6. The maximum Gasteiger partial charge on any atom is 0.294 e. The second-order valence-corrected chi connectivity index (χ2v) is 7.69. The molecule has 2 aromatic carbocycles. The van der Waals surface area contributed by atoms with Gasteiger partial charge in [0, 0.05) is 25.1 Å². The van der Waals surface area contributed by atoms with Crippen LogP contribution >= 0.6 is 0 Å². The Balaban J connectivity index is 1.39. The van der Waals surface area contributed by atoms with Crippen LogP contribution in [0.3, 0.4) is 0 Å². The minimum Gasteiger partial charge on any atom is -0.497 e. The number of para-hydroxylation sites is 2. The first kappa shape index (κ1) is 20.9. The smallest absolute Gasteiger partial charge is 0.294 e. The molecule has 1 aliphatic rings. The van der Waals surface area contributed by atoms with Gasteiger partial charge in [0.15, 0.2) is 0 Å². The maximum absolute atomic E-state index is 12.6. The molecule has 1 aliphatic heterocycles. The third-order valence-corrected chi connectivity index (χ3v) is 5.60. The number of piperidine rings is 1. The van der Waals surface area contributed by atoms with Crippen molar-refractivity contribution >= 4 is 11.6 Å². The molecule has 1 fully saturated rings. The highest BCUT2D eigenvalue weighted by atomic mass is 16.5. The van der Waals surface area contributed by atoms with Crippen LogP contribution in [0.25, 0.3) is 0 Å². The summed E-state index contributed by atoms with van der Waals surface area (Å²) in [6.45, 7) is 2.80. The first-order chi connectivity index (χ1) is 15.2.